The summed E-state index contributed by atoms with van der Waals surface area (Å²) in [5, 5.41) is 0. The average Bonchev–Trinajstić information content (AvgIpc) is 2.31. The summed E-state index contributed by atoms with van der Waals surface area (Å²) in [6.45, 7) is 7.45. The van der Waals surface area contributed by atoms with Gasteiger partial charge >= 0.3 is 0 Å². The van der Waals surface area contributed by atoms with Crippen LogP contribution < -0.4 is 0 Å². The topological polar surface area (TPSA) is 24.8 Å². The van der Waals surface area contributed by atoms with Crippen molar-refractivity contribution in [2.75, 3.05) is 26.4 Å². The van der Waals surface area contributed by atoms with Crippen molar-refractivity contribution >= 4 is 5.84 Å². The van der Waals surface area contributed by atoms with E-state index in [1.54, 1.807) is 0 Å². The molecule has 0 bridgehead atoms. The maximum atomic E-state index is 5.23. The number of ether oxygens (including phenoxy) is 1. The molecule has 1 aliphatic rings. The van der Waals surface area contributed by atoms with Gasteiger partial charge in [0.2, 0.25) is 0 Å². The molecule has 0 aliphatic carbocycles. The van der Waals surface area contributed by atoms with E-state index in [-0.39, 0.29) is 0 Å². The highest BCUT2D eigenvalue weighted by atomic mass is 16.5. The third-order valence-corrected chi connectivity index (χ3v) is 1.62. The van der Waals surface area contributed by atoms with Gasteiger partial charge in [-0.15, -0.1) is 0 Å². The van der Waals surface area contributed by atoms with Gasteiger partial charge in [0.05, 0.1) is 12.4 Å². The molecule has 0 spiro atoms. The van der Waals surface area contributed by atoms with Crippen molar-refractivity contribution in [1.82, 2.24) is 4.90 Å². The summed E-state index contributed by atoms with van der Waals surface area (Å²) in [6, 6.07) is 0. The van der Waals surface area contributed by atoms with Crippen LogP contribution >= 0.6 is 0 Å². The third-order valence-electron chi connectivity index (χ3n) is 1.62. The van der Waals surface area contributed by atoms with Crippen LogP contribution in [0.1, 0.15) is 13.8 Å². The molecule has 1 rings (SSSR count). The molecule has 0 aromatic rings. The standard InChI is InChI=1S/C7H14N2O/c1-3-10-6-9-5-4-8-7(9)2/h3-6H2,1-2H3. The van der Waals surface area contributed by atoms with Crippen molar-refractivity contribution in [3.63, 3.8) is 0 Å². The van der Waals surface area contributed by atoms with Crippen molar-refractivity contribution in [2.24, 2.45) is 4.99 Å². The van der Waals surface area contributed by atoms with Crippen molar-refractivity contribution in [3.8, 4) is 0 Å². The fraction of sp³-hybridized carbons (Fsp3) is 0.857. The van der Waals surface area contributed by atoms with Crippen molar-refractivity contribution < 1.29 is 4.74 Å². The van der Waals surface area contributed by atoms with E-state index in [4.69, 9.17) is 4.74 Å². The van der Waals surface area contributed by atoms with E-state index in [1.165, 1.54) is 0 Å². The smallest absolute Gasteiger partial charge is 0.119 e. The van der Waals surface area contributed by atoms with Gasteiger partial charge < -0.3 is 9.64 Å². The molecule has 1 aliphatic heterocycles. The summed E-state index contributed by atoms with van der Waals surface area (Å²) in [6.07, 6.45) is 0. The predicted molar refractivity (Wildman–Crippen MR) is 41.2 cm³/mol. The van der Waals surface area contributed by atoms with Gasteiger partial charge in [-0.25, -0.2) is 0 Å². The number of rotatable bonds is 3. The summed E-state index contributed by atoms with van der Waals surface area (Å²) < 4.78 is 5.23. The van der Waals surface area contributed by atoms with E-state index < -0.39 is 0 Å². The molecule has 0 N–H and O–H groups in total. The summed E-state index contributed by atoms with van der Waals surface area (Å²) in [7, 11) is 0. The predicted octanol–water partition coefficient (Wildman–Crippen LogP) is 0.714. The van der Waals surface area contributed by atoms with Gasteiger partial charge in [0.15, 0.2) is 0 Å². The normalized spacial score (nSPS) is 17.8. The summed E-state index contributed by atoms with van der Waals surface area (Å²) in [4.78, 5) is 6.38. The Hall–Kier alpha value is -0.570. The molecule has 58 valence electrons. The van der Waals surface area contributed by atoms with Crippen molar-refractivity contribution in [3.05, 3.63) is 0 Å². The number of aliphatic imine (C=N–C) groups is 1. The van der Waals surface area contributed by atoms with Crippen molar-refractivity contribution in [2.45, 2.75) is 13.8 Å². The van der Waals surface area contributed by atoms with Gasteiger partial charge in [0, 0.05) is 13.2 Å². The van der Waals surface area contributed by atoms with Crippen LogP contribution in [0.15, 0.2) is 4.99 Å². The van der Waals surface area contributed by atoms with Crippen LogP contribution in [-0.4, -0.2) is 37.2 Å². The van der Waals surface area contributed by atoms with Crippen LogP contribution in [0.2, 0.25) is 0 Å². The van der Waals surface area contributed by atoms with E-state index in [2.05, 4.69) is 9.89 Å². The van der Waals surface area contributed by atoms with E-state index in [0.717, 1.165) is 25.5 Å². The second kappa shape index (κ2) is 3.56. The summed E-state index contributed by atoms with van der Waals surface area (Å²) >= 11 is 0. The Balaban J connectivity index is 2.22. The molecular weight excluding hydrogens is 128 g/mol. The number of amidine groups is 1. The zero-order valence-electron chi connectivity index (χ0n) is 6.63. The van der Waals surface area contributed by atoms with Crippen LogP contribution in [0.5, 0.6) is 0 Å². The highest BCUT2D eigenvalue weighted by Crippen LogP contribution is 1.99. The number of hydrogen-bond donors (Lipinski definition) is 0. The molecule has 10 heavy (non-hydrogen) atoms. The molecule has 0 unspecified atom stereocenters. The first kappa shape index (κ1) is 7.54. The highest BCUT2D eigenvalue weighted by Gasteiger charge is 2.10. The first-order valence-electron chi connectivity index (χ1n) is 3.68. The quantitative estimate of drug-likeness (QED) is 0.580. The first-order chi connectivity index (χ1) is 4.84. The van der Waals surface area contributed by atoms with E-state index in [1.807, 2.05) is 13.8 Å². The highest BCUT2D eigenvalue weighted by molar-refractivity contribution is 5.80. The Morgan fingerprint density at radius 2 is 2.50 bits per heavy atom. The molecule has 3 heteroatoms. The molecule has 0 atom stereocenters. The molecule has 1 heterocycles. The van der Waals surface area contributed by atoms with Gasteiger partial charge in [-0.2, -0.15) is 0 Å². The van der Waals surface area contributed by atoms with Crippen molar-refractivity contribution in [1.29, 1.82) is 0 Å². The third kappa shape index (κ3) is 1.70. The largest absolute Gasteiger partial charge is 0.361 e. The monoisotopic (exact) mass is 142 g/mol. The maximum Gasteiger partial charge on any atom is 0.119 e. The van der Waals surface area contributed by atoms with Crippen LogP contribution in [0.3, 0.4) is 0 Å². The summed E-state index contributed by atoms with van der Waals surface area (Å²) in [5.41, 5.74) is 0. The Bertz CT molecular complexity index is 134. The average molecular weight is 142 g/mol. The zero-order valence-corrected chi connectivity index (χ0v) is 6.63. The molecule has 0 aromatic heterocycles. The van der Waals surface area contributed by atoms with Crippen LogP contribution in [0.25, 0.3) is 0 Å². The molecule has 0 amide bonds. The molecule has 0 aromatic carbocycles. The van der Waals surface area contributed by atoms with Gasteiger partial charge in [0.1, 0.15) is 6.73 Å². The molecule has 0 saturated carbocycles. The first-order valence-corrected chi connectivity index (χ1v) is 3.68. The molecular formula is C7H14N2O. The second-order valence-corrected chi connectivity index (χ2v) is 2.31. The molecule has 0 fully saturated rings. The van der Waals surface area contributed by atoms with Gasteiger partial charge in [0.25, 0.3) is 0 Å². The lowest BCUT2D eigenvalue weighted by Crippen LogP contribution is -2.28. The lowest BCUT2D eigenvalue weighted by Gasteiger charge is -2.16. The Kier molecular flexibility index (Phi) is 2.68. The Labute approximate surface area is 61.7 Å². The number of nitrogens with zero attached hydrogens (tertiary/aromatic N) is 2. The lowest BCUT2D eigenvalue weighted by atomic mass is 10.6. The van der Waals surface area contributed by atoms with E-state index >= 15 is 0 Å². The molecule has 3 nitrogen and oxygen atoms in total. The van der Waals surface area contributed by atoms with Gasteiger partial charge in [-0.1, -0.05) is 0 Å². The van der Waals surface area contributed by atoms with Crippen LogP contribution in [0.4, 0.5) is 0 Å². The second-order valence-electron chi connectivity index (χ2n) is 2.31. The number of hydrogen-bond acceptors (Lipinski definition) is 3. The Morgan fingerprint density at radius 1 is 1.70 bits per heavy atom. The lowest BCUT2D eigenvalue weighted by molar-refractivity contribution is 0.0788. The minimum atomic E-state index is 0.700. The zero-order chi connectivity index (χ0) is 7.40. The van der Waals surface area contributed by atoms with E-state index in [0.29, 0.717) is 6.73 Å². The minimum absolute atomic E-state index is 0.700. The van der Waals surface area contributed by atoms with Gasteiger partial charge in [-0.3, -0.25) is 4.99 Å². The minimum Gasteiger partial charge on any atom is -0.361 e. The SMILES string of the molecule is CCOCN1CCN=C1C. The van der Waals surface area contributed by atoms with Gasteiger partial charge in [-0.05, 0) is 13.8 Å². The van der Waals surface area contributed by atoms with Crippen LogP contribution in [0, 0.1) is 0 Å². The Morgan fingerprint density at radius 3 is 3.00 bits per heavy atom. The maximum absolute atomic E-state index is 5.23. The molecule has 0 radical (unpaired) electrons. The van der Waals surface area contributed by atoms with Crippen LogP contribution in [-0.2, 0) is 4.74 Å². The fourth-order valence-electron chi connectivity index (χ4n) is 0.954. The fourth-order valence-corrected chi connectivity index (χ4v) is 0.954. The van der Waals surface area contributed by atoms with E-state index in [9.17, 15) is 0 Å². The molecule has 0 saturated heterocycles. The summed E-state index contributed by atoms with van der Waals surface area (Å²) in [5.74, 6) is 1.11.